The SMILES string of the molecule is COC(=O)C(I)CNC(=O)C1CCOc2ccccc21. The summed E-state index contributed by atoms with van der Waals surface area (Å²) in [5, 5.41) is 2.81. The van der Waals surface area contributed by atoms with E-state index < -0.39 is 0 Å². The van der Waals surface area contributed by atoms with E-state index in [1.165, 1.54) is 7.11 Å². The van der Waals surface area contributed by atoms with Gasteiger partial charge in [-0.1, -0.05) is 40.8 Å². The van der Waals surface area contributed by atoms with E-state index in [0.29, 0.717) is 13.0 Å². The molecule has 0 spiro atoms. The first-order valence-electron chi connectivity index (χ1n) is 6.35. The molecule has 0 aliphatic carbocycles. The number of carbonyl (C=O) groups is 2. The lowest BCUT2D eigenvalue weighted by Crippen LogP contribution is -2.38. The van der Waals surface area contributed by atoms with Gasteiger partial charge in [0.15, 0.2) is 0 Å². The molecule has 20 heavy (non-hydrogen) atoms. The normalized spacial score (nSPS) is 18.4. The summed E-state index contributed by atoms with van der Waals surface area (Å²) in [7, 11) is 1.34. The van der Waals surface area contributed by atoms with Crippen molar-refractivity contribution < 1.29 is 19.1 Å². The lowest BCUT2D eigenvalue weighted by atomic mass is 9.92. The van der Waals surface area contributed by atoms with Gasteiger partial charge < -0.3 is 14.8 Å². The summed E-state index contributed by atoms with van der Waals surface area (Å²) in [6.07, 6.45) is 0.646. The fourth-order valence-electron chi connectivity index (χ4n) is 2.14. The molecule has 108 valence electrons. The zero-order valence-electron chi connectivity index (χ0n) is 11.1. The molecule has 1 aliphatic heterocycles. The Kier molecular flexibility index (Phi) is 5.22. The number of rotatable bonds is 4. The van der Waals surface area contributed by atoms with E-state index in [-0.39, 0.29) is 28.3 Å². The van der Waals surface area contributed by atoms with Gasteiger partial charge in [0.25, 0.3) is 0 Å². The summed E-state index contributed by atoms with van der Waals surface area (Å²) in [6, 6.07) is 7.55. The van der Waals surface area contributed by atoms with Crippen LogP contribution in [0.4, 0.5) is 0 Å². The number of alkyl halides is 1. The van der Waals surface area contributed by atoms with E-state index >= 15 is 0 Å². The largest absolute Gasteiger partial charge is 0.493 e. The van der Waals surface area contributed by atoms with Crippen LogP contribution in [0.5, 0.6) is 5.75 Å². The van der Waals surface area contributed by atoms with E-state index in [1.807, 2.05) is 46.9 Å². The predicted molar refractivity (Wildman–Crippen MR) is 82.1 cm³/mol. The Morgan fingerprint density at radius 1 is 1.50 bits per heavy atom. The molecule has 2 unspecified atom stereocenters. The molecule has 1 aliphatic rings. The molecule has 5 nitrogen and oxygen atoms in total. The number of hydrogen-bond donors (Lipinski definition) is 1. The smallest absolute Gasteiger partial charge is 0.320 e. The number of benzene rings is 1. The molecule has 0 fully saturated rings. The number of carbonyl (C=O) groups excluding carboxylic acids is 2. The number of nitrogens with one attached hydrogen (secondary N) is 1. The van der Waals surface area contributed by atoms with Crippen molar-refractivity contribution in [3.63, 3.8) is 0 Å². The summed E-state index contributed by atoms with van der Waals surface area (Å²) in [6.45, 7) is 0.797. The molecule has 0 radical (unpaired) electrons. The standard InChI is InChI=1S/C14H16INO4/c1-19-14(18)11(15)8-16-13(17)10-6-7-20-12-5-3-2-4-9(10)12/h2-5,10-11H,6-8H2,1H3,(H,16,17). The van der Waals surface area contributed by atoms with Gasteiger partial charge >= 0.3 is 5.97 Å². The molecule has 2 rings (SSSR count). The number of ether oxygens (including phenoxy) is 2. The zero-order valence-corrected chi connectivity index (χ0v) is 13.3. The van der Waals surface area contributed by atoms with Crippen molar-refractivity contribution in [1.82, 2.24) is 5.32 Å². The van der Waals surface area contributed by atoms with Crippen LogP contribution in [0, 0.1) is 0 Å². The highest BCUT2D eigenvalue weighted by Crippen LogP contribution is 2.33. The maximum absolute atomic E-state index is 12.3. The highest BCUT2D eigenvalue weighted by atomic mass is 127. The van der Waals surface area contributed by atoms with Gasteiger partial charge in [0.1, 0.15) is 9.67 Å². The number of methoxy groups -OCH3 is 1. The Morgan fingerprint density at radius 3 is 3.00 bits per heavy atom. The van der Waals surface area contributed by atoms with Crippen molar-refractivity contribution >= 4 is 34.5 Å². The fraction of sp³-hybridized carbons (Fsp3) is 0.429. The van der Waals surface area contributed by atoms with E-state index in [9.17, 15) is 9.59 Å². The van der Waals surface area contributed by atoms with Gasteiger partial charge in [0.2, 0.25) is 5.91 Å². The molecule has 1 N–H and O–H groups in total. The van der Waals surface area contributed by atoms with Crippen LogP contribution >= 0.6 is 22.6 Å². The Morgan fingerprint density at radius 2 is 2.25 bits per heavy atom. The molecular weight excluding hydrogens is 373 g/mol. The Balaban J connectivity index is 1.99. The van der Waals surface area contributed by atoms with Gasteiger partial charge in [-0.15, -0.1) is 0 Å². The van der Waals surface area contributed by atoms with Gasteiger partial charge in [-0.3, -0.25) is 9.59 Å². The predicted octanol–water partition coefficient (Wildman–Crippen LogP) is 1.65. The fourth-order valence-corrected chi connectivity index (χ4v) is 2.61. The van der Waals surface area contributed by atoms with Crippen molar-refractivity contribution in [3.05, 3.63) is 29.8 Å². The molecule has 1 aromatic rings. The van der Waals surface area contributed by atoms with Gasteiger partial charge in [-0.25, -0.2) is 0 Å². The number of para-hydroxylation sites is 1. The summed E-state index contributed by atoms with van der Waals surface area (Å²) in [4.78, 5) is 23.6. The van der Waals surface area contributed by atoms with Crippen LogP contribution in [0.3, 0.4) is 0 Å². The highest BCUT2D eigenvalue weighted by molar-refractivity contribution is 14.1. The molecule has 2 atom stereocenters. The van der Waals surface area contributed by atoms with Crippen molar-refractivity contribution in [1.29, 1.82) is 0 Å². The number of halogens is 1. The first kappa shape index (κ1) is 15.1. The third-order valence-corrected chi connectivity index (χ3v) is 4.14. The van der Waals surface area contributed by atoms with E-state index in [4.69, 9.17) is 4.74 Å². The number of fused-ring (bicyclic) bond motifs is 1. The summed E-state index contributed by atoms with van der Waals surface area (Å²) in [5.74, 6) is 0.128. The average Bonchev–Trinajstić information content (AvgIpc) is 2.50. The van der Waals surface area contributed by atoms with Gasteiger partial charge in [0, 0.05) is 12.1 Å². The Bertz CT molecular complexity index is 506. The molecule has 6 heteroatoms. The molecule has 0 bridgehead atoms. The maximum Gasteiger partial charge on any atom is 0.320 e. The average molecular weight is 389 g/mol. The van der Waals surface area contributed by atoms with E-state index in [0.717, 1.165) is 11.3 Å². The second-order valence-electron chi connectivity index (χ2n) is 4.46. The lowest BCUT2D eigenvalue weighted by molar-refractivity contribution is -0.139. The van der Waals surface area contributed by atoms with E-state index in [1.54, 1.807) is 0 Å². The van der Waals surface area contributed by atoms with Crippen molar-refractivity contribution in [2.45, 2.75) is 16.3 Å². The van der Waals surface area contributed by atoms with Gasteiger partial charge in [-0.05, 0) is 12.5 Å². The minimum Gasteiger partial charge on any atom is -0.493 e. The molecule has 0 aromatic heterocycles. The summed E-state index contributed by atoms with van der Waals surface area (Å²) < 4.78 is 9.78. The minimum absolute atomic E-state index is 0.0775. The maximum atomic E-state index is 12.3. The zero-order chi connectivity index (χ0) is 14.5. The van der Waals surface area contributed by atoms with Crippen LogP contribution in [-0.4, -0.2) is 36.1 Å². The van der Waals surface area contributed by atoms with Crippen LogP contribution < -0.4 is 10.1 Å². The molecule has 0 saturated heterocycles. The summed E-state index contributed by atoms with van der Waals surface area (Å²) in [5.41, 5.74) is 0.902. The van der Waals surface area contributed by atoms with Crippen LogP contribution in [0.2, 0.25) is 0 Å². The molecular formula is C14H16INO4. The third kappa shape index (κ3) is 3.41. The second kappa shape index (κ2) is 6.92. The van der Waals surface area contributed by atoms with Crippen LogP contribution in [0.1, 0.15) is 17.9 Å². The van der Waals surface area contributed by atoms with Gasteiger partial charge in [-0.2, -0.15) is 0 Å². The lowest BCUT2D eigenvalue weighted by Gasteiger charge is -2.25. The second-order valence-corrected chi connectivity index (χ2v) is 5.97. The number of hydrogen-bond acceptors (Lipinski definition) is 4. The van der Waals surface area contributed by atoms with Crippen LogP contribution in [0.25, 0.3) is 0 Å². The highest BCUT2D eigenvalue weighted by Gasteiger charge is 2.28. The Labute approximate surface area is 131 Å². The number of esters is 1. The minimum atomic E-state index is -0.378. The first-order valence-corrected chi connectivity index (χ1v) is 7.59. The summed E-state index contributed by atoms with van der Waals surface area (Å²) >= 11 is 1.96. The monoisotopic (exact) mass is 389 g/mol. The number of amides is 1. The Hall–Kier alpha value is -1.31. The quantitative estimate of drug-likeness (QED) is 0.483. The topological polar surface area (TPSA) is 64.6 Å². The van der Waals surface area contributed by atoms with Crippen molar-refractivity contribution in [3.8, 4) is 5.75 Å². The third-order valence-electron chi connectivity index (χ3n) is 3.19. The van der Waals surface area contributed by atoms with Crippen LogP contribution in [-0.2, 0) is 14.3 Å². The van der Waals surface area contributed by atoms with Crippen LogP contribution in [0.15, 0.2) is 24.3 Å². The van der Waals surface area contributed by atoms with Gasteiger partial charge in [0.05, 0.1) is 19.6 Å². The van der Waals surface area contributed by atoms with E-state index in [2.05, 4.69) is 10.1 Å². The first-order chi connectivity index (χ1) is 9.63. The van der Waals surface area contributed by atoms with Crippen molar-refractivity contribution in [2.24, 2.45) is 0 Å². The molecule has 1 heterocycles. The van der Waals surface area contributed by atoms with Crippen molar-refractivity contribution in [2.75, 3.05) is 20.3 Å². The molecule has 1 aromatic carbocycles. The molecule has 1 amide bonds. The molecule has 0 saturated carbocycles.